The molecule has 0 spiro atoms. The van der Waals surface area contributed by atoms with Gasteiger partial charge in [0.15, 0.2) is 0 Å². The van der Waals surface area contributed by atoms with E-state index in [4.69, 9.17) is 10.8 Å². The van der Waals surface area contributed by atoms with Crippen LogP contribution in [0.3, 0.4) is 0 Å². The number of unbranched alkanes of at least 4 members (excludes halogenated alkanes) is 1. The summed E-state index contributed by atoms with van der Waals surface area (Å²) in [4.78, 5) is 46.3. The molecule has 0 aromatic heterocycles. The van der Waals surface area contributed by atoms with E-state index in [1.54, 1.807) is 0 Å². The van der Waals surface area contributed by atoms with Gasteiger partial charge in [-0.05, 0) is 45.2 Å². The third-order valence-corrected chi connectivity index (χ3v) is 3.82. The zero-order chi connectivity index (χ0) is 18.7. The lowest BCUT2D eigenvalue weighted by Crippen LogP contribution is -2.52. The van der Waals surface area contributed by atoms with Gasteiger partial charge in [0.1, 0.15) is 12.6 Å². The standard InChI is InChI=1S/C15H27N5O5/c16-6-2-1-4-11(20-15(25)10-5-3-7-17-10)14(24)19-8-12(21)18-9-13(22)23/h10-11,17H,1-9,16H2,(H,18,21)(H,19,24)(H,20,25)(H,22,23). The fraction of sp³-hybridized carbons (Fsp3) is 0.733. The third kappa shape index (κ3) is 8.45. The van der Waals surface area contributed by atoms with Crippen molar-refractivity contribution in [3.63, 3.8) is 0 Å². The van der Waals surface area contributed by atoms with Crippen molar-refractivity contribution in [3.8, 4) is 0 Å². The average molecular weight is 357 g/mol. The van der Waals surface area contributed by atoms with Gasteiger partial charge in [-0.25, -0.2) is 0 Å². The molecule has 1 aliphatic heterocycles. The summed E-state index contributed by atoms with van der Waals surface area (Å²) in [5, 5.41) is 18.8. The molecule has 2 unspecified atom stereocenters. The van der Waals surface area contributed by atoms with Crippen molar-refractivity contribution in [2.75, 3.05) is 26.2 Å². The van der Waals surface area contributed by atoms with Crippen molar-refractivity contribution >= 4 is 23.7 Å². The van der Waals surface area contributed by atoms with Crippen LogP contribution >= 0.6 is 0 Å². The summed E-state index contributed by atoms with van der Waals surface area (Å²) in [6.07, 6.45) is 3.43. The van der Waals surface area contributed by atoms with E-state index in [0.29, 0.717) is 19.4 Å². The van der Waals surface area contributed by atoms with Crippen LogP contribution in [0.15, 0.2) is 0 Å². The fourth-order valence-electron chi connectivity index (χ4n) is 2.47. The number of carboxylic acids is 1. The van der Waals surface area contributed by atoms with Gasteiger partial charge in [-0.3, -0.25) is 19.2 Å². The molecule has 1 saturated heterocycles. The van der Waals surface area contributed by atoms with E-state index in [0.717, 1.165) is 25.8 Å². The minimum absolute atomic E-state index is 0.235. The lowest BCUT2D eigenvalue weighted by atomic mass is 10.1. The molecule has 1 aliphatic rings. The SMILES string of the molecule is NCCCCC(NC(=O)C1CCCN1)C(=O)NCC(=O)NCC(=O)O. The van der Waals surface area contributed by atoms with Crippen molar-refractivity contribution in [2.45, 2.75) is 44.2 Å². The molecule has 0 aliphatic carbocycles. The molecule has 2 atom stereocenters. The average Bonchev–Trinajstić information content (AvgIpc) is 3.11. The van der Waals surface area contributed by atoms with Gasteiger partial charge in [-0.15, -0.1) is 0 Å². The van der Waals surface area contributed by atoms with E-state index in [9.17, 15) is 19.2 Å². The Morgan fingerprint density at radius 3 is 2.52 bits per heavy atom. The van der Waals surface area contributed by atoms with E-state index < -0.39 is 30.4 Å². The topological polar surface area (TPSA) is 163 Å². The van der Waals surface area contributed by atoms with Crippen molar-refractivity contribution < 1.29 is 24.3 Å². The maximum atomic E-state index is 12.3. The van der Waals surface area contributed by atoms with Crippen LogP contribution < -0.4 is 27.0 Å². The molecule has 25 heavy (non-hydrogen) atoms. The maximum Gasteiger partial charge on any atom is 0.322 e. The Balaban J connectivity index is 2.48. The van der Waals surface area contributed by atoms with Crippen LogP contribution in [0.25, 0.3) is 0 Å². The first-order chi connectivity index (χ1) is 11.9. The highest BCUT2D eigenvalue weighted by atomic mass is 16.4. The van der Waals surface area contributed by atoms with Gasteiger partial charge in [0.2, 0.25) is 17.7 Å². The number of carbonyl (C=O) groups is 4. The summed E-state index contributed by atoms with van der Waals surface area (Å²) in [6.45, 7) is 0.395. The number of rotatable bonds is 11. The molecule has 1 heterocycles. The van der Waals surface area contributed by atoms with E-state index in [2.05, 4.69) is 21.3 Å². The first-order valence-corrected chi connectivity index (χ1v) is 8.44. The summed E-state index contributed by atoms with van der Waals surface area (Å²) < 4.78 is 0. The largest absolute Gasteiger partial charge is 0.480 e. The van der Waals surface area contributed by atoms with Gasteiger partial charge in [0.25, 0.3) is 0 Å². The highest BCUT2D eigenvalue weighted by molar-refractivity contribution is 5.92. The van der Waals surface area contributed by atoms with Gasteiger partial charge in [-0.1, -0.05) is 0 Å². The lowest BCUT2D eigenvalue weighted by Gasteiger charge is -2.20. The predicted molar refractivity (Wildman–Crippen MR) is 89.5 cm³/mol. The van der Waals surface area contributed by atoms with Gasteiger partial charge in [-0.2, -0.15) is 0 Å². The van der Waals surface area contributed by atoms with Crippen LogP contribution in [0.1, 0.15) is 32.1 Å². The molecule has 0 aromatic carbocycles. The van der Waals surface area contributed by atoms with Gasteiger partial charge < -0.3 is 32.1 Å². The number of hydrogen-bond acceptors (Lipinski definition) is 6. The zero-order valence-electron chi connectivity index (χ0n) is 14.2. The second kappa shape index (κ2) is 11.4. The van der Waals surface area contributed by atoms with Gasteiger partial charge in [0, 0.05) is 0 Å². The molecule has 7 N–H and O–H groups in total. The molecule has 142 valence electrons. The van der Waals surface area contributed by atoms with E-state index in [-0.39, 0.29) is 18.5 Å². The molecule has 0 bridgehead atoms. The second-order valence-corrected chi connectivity index (χ2v) is 5.88. The zero-order valence-corrected chi connectivity index (χ0v) is 14.2. The van der Waals surface area contributed by atoms with Crippen LogP contribution in [-0.2, 0) is 19.2 Å². The molecule has 0 radical (unpaired) electrons. The normalized spacial score (nSPS) is 17.6. The molecule has 1 fully saturated rings. The van der Waals surface area contributed by atoms with Gasteiger partial charge in [0.05, 0.1) is 12.6 Å². The number of aliphatic carboxylic acids is 1. The number of carbonyl (C=O) groups excluding carboxylic acids is 3. The highest BCUT2D eigenvalue weighted by Gasteiger charge is 2.27. The fourth-order valence-corrected chi connectivity index (χ4v) is 2.47. The second-order valence-electron chi connectivity index (χ2n) is 5.88. The molecule has 10 heteroatoms. The molecular weight excluding hydrogens is 330 g/mol. The Labute approximate surface area is 146 Å². The summed E-state index contributed by atoms with van der Waals surface area (Å²) in [5.74, 6) is -2.49. The molecule has 3 amide bonds. The van der Waals surface area contributed by atoms with Crippen LogP contribution in [0.4, 0.5) is 0 Å². The smallest absolute Gasteiger partial charge is 0.322 e. The van der Waals surface area contributed by atoms with E-state index in [1.807, 2.05) is 0 Å². The minimum atomic E-state index is -1.17. The van der Waals surface area contributed by atoms with Crippen LogP contribution in [0.5, 0.6) is 0 Å². The minimum Gasteiger partial charge on any atom is -0.480 e. The van der Waals surface area contributed by atoms with Crippen LogP contribution in [-0.4, -0.2) is 67.1 Å². The molecule has 0 aromatic rings. The predicted octanol–water partition coefficient (Wildman–Crippen LogP) is -2.33. The van der Waals surface area contributed by atoms with Crippen molar-refractivity contribution in [3.05, 3.63) is 0 Å². The van der Waals surface area contributed by atoms with Crippen molar-refractivity contribution in [1.82, 2.24) is 21.3 Å². The number of carboxylic acid groups (broad SMARTS) is 1. The summed E-state index contributed by atoms with van der Waals surface area (Å²) in [5.41, 5.74) is 5.45. The Kier molecular flexibility index (Phi) is 9.48. The van der Waals surface area contributed by atoms with E-state index in [1.165, 1.54) is 0 Å². The van der Waals surface area contributed by atoms with Crippen molar-refractivity contribution in [1.29, 1.82) is 0 Å². The maximum absolute atomic E-state index is 12.3. The summed E-state index contributed by atoms with van der Waals surface area (Å²) in [7, 11) is 0. The van der Waals surface area contributed by atoms with Gasteiger partial charge >= 0.3 is 5.97 Å². The first kappa shape index (κ1) is 20.8. The number of amides is 3. The molecule has 10 nitrogen and oxygen atoms in total. The number of nitrogens with two attached hydrogens (primary N) is 1. The quantitative estimate of drug-likeness (QED) is 0.226. The summed E-state index contributed by atoms with van der Waals surface area (Å²) >= 11 is 0. The van der Waals surface area contributed by atoms with Crippen molar-refractivity contribution in [2.24, 2.45) is 5.73 Å². The Hall–Kier alpha value is -2.20. The molecule has 0 saturated carbocycles. The van der Waals surface area contributed by atoms with E-state index >= 15 is 0 Å². The van der Waals surface area contributed by atoms with Crippen LogP contribution in [0, 0.1) is 0 Å². The monoisotopic (exact) mass is 357 g/mol. The van der Waals surface area contributed by atoms with Crippen LogP contribution in [0.2, 0.25) is 0 Å². The third-order valence-electron chi connectivity index (χ3n) is 3.82. The Bertz CT molecular complexity index is 479. The Morgan fingerprint density at radius 1 is 1.16 bits per heavy atom. The first-order valence-electron chi connectivity index (χ1n) is 8.44. The molecule has 1 rings (SSSR count). The number of nitrogens with one attached hydrogen (secondary N) is 4. The lowest BCUT2D eigenvalue weighted by molar-refractivity contribution is -0.138. The Morgan fingerprint density at radius 2 is 1.92 bits per heavy atom. The highest BCUT2D eigenvalue weighted by Crippen LogP contribution is 2.07. The molecular formula is C15H27N5O5. The summed E-state index contributed by atoms with van der Waals surface area (Å²) in [6, 6.07) is -1.06. The number of hydrogen-bond donors (Lipinski definition) is 6.